The molecular weight excluding hydrogens is 676 g/mol. The fourth-order valence-corrected chi connectivity index (χ4v) is 8.94. The summed E-state index contributed by atoms with van der Waals surface area (Å²) in [6, 6.07) is -2.01. The molecule has 47 heavy (non-hydrogen) atoms. The lowest BCUT2D eigenvalue weighted by Crippen LogP contribution is -2.75. The van der Waals surface area contributed by atoms with Gasteiger partial charge in [0, 0.05) is 46.8 Å². The third kappa shape index (κ3) is 6.42. The van der Waals surface area contributed by atoms with E-state index in [1.54, 1.807) is 20.8 Å². The number of halogens is 4. The molecule has 0 aromatic rings. The highest BCUT2D eigenvalue weighted by atomic mass is 31.0. The average Bonchev–Trinajstić information content (AvgIpc) is 3.80. The van der Waals surface area contributed by atoms with Crippen LogP contribution < -0.4 is 0 Å². The van der Waals surface area contributed by atoms with Crippen LogP contribution in [0.3, 0.4) is 0 Å². The van der Waals surface area contributed by atoms with Gasteiger partial charge in [-0.25, -0.2) is 13.7 Å². The Labute approximate surface area is 276 Å². The van der Waals surface area contributed by atoms with E-state index in [-0.39, 0.29) is 23.8 Å². The van der Waals surface area contributed by atoms with Crippen LogP contribution in [0.5, 0.6) is 0 Å². The minimum atomic E-state index is -3.40. The molecule has 0 aromatic carbocycles. The van der Waals surface area contributed by atoms with E-state index in [1.807, 2.05) is 23.1 Å². The van der Waals surface area contributed by atoms with Crippen molar-refractivity contribution in [3.05, 3.63) is 0 Å². The summed E-state index contributed by atoms with van der Waals surface area (Å²) in [5, 5.41) is 98.6. The zero-order valence-corrected chi connectivity index (χ0v) is 30.2. The first-order valence-corrected chi connectivity index (χ1v) is 16.9. The van der Waals surface area contributed by atoms with Crippen molar-refractivity contribution in [2.45, 2.75) is 145 Å². The maximum absolute atomic E-state index is 13.3. The van der Waals surface area contributed by atoms with Gasteiger partial charge in [0.15, 0.2) is 16.9 Å². The second-order valence-electron chi connectivity index (χ2n) is 14.7. The molecule has 6 atom stereocenters. The minimum absolute atomic E-state index is 0.104. The number of aliphatic hydroxyl groups is 8. The number of likely N-dealkylation sites (tertiary alicyclic amines) is 1. The highest BCUT2D eigenvalue weighted by molar-refractivity contribution is 7.19. The summed E-state index contributed by atoms with van der Waals surface area (Å²) in [5.74, 6) is -15.9. The Morgan fingerprint density at radius 3 is 1.38 bits per heavy atom. The molecule has 4 aliphatic carbocycles. The molecule has 2 heterocycles. The number of rotatable bonds is 5. The summed E-state index contributed by atoms with van der Waals surface area (Å²) >= 11 is 0. The van der Waals surface area contributed by atoms with Crippen LogP contribution in [0.2, 0.25) is 0 Å². The van der Waals surface area contributed by atoms with Crippen LogP contribution in [-0.2, 0) is 0 Å². The van der Waals surface area contributed by atoms with Gasteiger partial charge in [-0.1, -0.05) is 34.6 Å². The lowest BCUT2D eigenvalue weighted by atomic mass is 9.83. The summed E-state index contributed by atoms with van der Waals surface area (Å²) in [6.45, 7) is 9.91. The van der Waals surface area contributed by atoms with Crippen LogP contribution in [0, 0.1) is 22.7 Å². The van der Waals surface area contributed by atoms with E-state index < -0.39 is 86.4 Å². The molecule has 0 bridgehead atoms. The van der Waals surface area contributed by atoms with Gasteiger partial charge in [0.25, 0.3) is 11.8 Å². The van der Waals surface area contributed by atoms with E-state index >= 15 is 0 Å². The number of hydrogen-bond acceptors (Lipinski definition) is 12. The van der Waals surface area contributed by atoms with Crippen LogP contribution in [0.1, 0.15) is 92.9 Å². The van der Waals surface area contributed by atoms with Crippen molar-refractivity contribution in [3.8, 4) is 0 Å². The maximum Gasteiger partial charge on any atom is 0.312 e. The first-order chi connectivity index (χ1) is 20.8. The van der Waals surface area contributed by atoms with Crippen LogP contribution >= 0.6 is 18.5 Å². The Kier molecular flexibility index (Phi) is 10.4. The summed E-state index contributed by atoms with van der Waals surface area (Å²) in [7, 11) is 5.98. The van der Waals surface area contributed by atoms with Crippen LogP contribution in [-0.4, -0.2) is 125 Å². The van der Waals surface area contributed by atoms with E-state index in [9.17, 15) is 68.8 Å². The lowest BCUT2D eigenvalue weighted by Gasteiger charge is -2.49. The summed E-state index contributed by atoms with van der Waals surface area (Å²) in [4.78, 5) is -1.25. The number of quaternary nitrogens is 1. The molecule has 10 N–H and O–H groups in total. The molecule has 2 aliphatic heterocycles. The zero-order valence-electron chi connectivity index (χ0n) is 27.9. The molecule has 4 unspecified atom stereocenters. The van der Waals surface area contributed by atoms with Crippen LogP contribution in [0.15, 0.2) is 0 Å². The number of hydrogen-bond donors (Lipinski definition) is 10. The van der Waals surface area contributed by atoms with Gasteiger partial charge in [-0.05, 0) is 44.7 Å². The van der Waals surface area contributed by atoms with Gasteiger partial charge in [0.1, 0.15) is 0 Å². The number of hydroxylamine groups is 2. The fraction of sp³-hybridized carbons (Fsp3) is 1.00. The fourth-order valence-electron chi connectivity index (χ4n) is 7.25. The molecular formula is C28H54F4N3O10P2+. The van der Waals surface area contributed by atoms with Crippen molar-refractivity contribution >= 4 is 18.5 Å². The third-order valence-electron chi connectivity index (χ3n) is 10.9. The predicted octanol–water partition coefficient (Wildman–Crippen LogP) is 1.64. The number of likely N-dealkylation sites (N-methyl/N-ethyl adjacent to an activating group) is 1. The zero-order chi connectivity index (χ0) is 37.0. The molecule has 2 saturated heterocycles. The Morgan fingerprint density at radius 2 is 1.11 bits per heavy atom. The lowest BCUT2D eigenvalue weighted by molar-refractivity contribution is -1.33. The van der Waals surface area contributed by atoms with Gasteiger partial charge in [-0.2, -0.15) is 19.2 Å². The Bertz CT molecular complexity index is 1180. The summed E-state index contributed by atoms with van der Waals surface area (Å²) < 4.78 is 49.6. The molecule has 6 rings (SSSR count). The molecule has 6 aliphatic rings. The van der Waals surface area contributed by atoms with Gasteiger partial charge in [-0.3, -0.25) is 0 Å². The standard InChI is InChI=1S/C11H20F2N2O6P.C11H22NO4P.C4H6F2.C2H6/c1-7(16,17)11(22)8(2-3-8)5-10(18,19)14(11)15(20,21)6-4-9(6,12)13;1-7(2)10(15,16)11(17)8(4-5-8)6-9(13,14)12(11)3;1-3-2-4(3,5)6;1-2/h6,16-21H,2-5,22H2,1H3;7,13-16H,4-6,17H2,1-3H3;3H,2H2,1H3;1-2H3/q+1;;;/t6?,11-;11-;;/m10../s1. The number of nitrogens with zero attached hydrogens (tertiary/aromatic N) is 3. The highest BCUT2D eigenvalue weighted by Crippen LogP contribution is 2.73. The van der Waals surface area contributed by atoms with Crippen LogP contribution in [0.25, 0.3) is 0 Å². The van der Waals surface area contributed by atoms with E-state index in [0.717, 1.165) is 19.8 Å². The normalized spacial score (nSPS) is 36.5. The van der Waals surface area contributed by atoms with Gasteiger partial charge < -0.3 is 40.9 Å². The van der Waals surface area contributed by atoms with Crippen molar-refractivity contribution in [2.75, 3.05) is 7.05 Å². The maximum atomic E-state index is 13.3. The van der Waals surface area contributed by atoms with E-state index in [1.165, 1.54) is 11.9 Å². The third-order valence-corrected chi connectivity index (χ3v) is 13.8. The second-order valence-corrected chi connectivity index (χ2v) is 16.4. The number of alkyl halides is 4. The van der Waals surface area contributed by atoms with E-state index in [4.69, 9.17) is 0 Å². The molecule has 0 radical (unpaired) electrons. The Hall–Kier alpha value is 0.0600. The molecule has 6 fully saturated rings. The monoisotopic (exact) mass is 730 g/mol. The van der Waals surface area contributed by atoms with Gasteiger partial charge >= 0.3 is 5.92 Å². The quantitative estimate of drug-likeness (QED) is 0.0644. The van der Waals surface area contributed by atoms with Crippen molar-refractivity contribution in [2.24, 2.45) is 22.7 Å². The van der Waals surface area contributed by atoms with Crippen LogP contribution in [0.4, 0.5) is 17.6 Å². The van der Waals surface area contributed by atoms with Crippen molar-refractivity contribution < 1.29 is 73.7 Å². The molecule has 278 valence electrons. The van der Waals surface area contributed by atoms with Crippen molar-refractivity contribution in [3.63, 3.8) is 0 Å². The molecule has 2 spiro atoms. The molecule has 13 nitrogen and oxygen atoms in total. The second kappa shape index (κ2) is 11.8. The average molecular weight is 731 g/mol. The highest BCUT2D eigenvalue weighted by Gasteiger charge is 2.86. The predicted molar refractivity (Wildman–Crippen MR) is 163 cm³/mol. The first kappa shape index (κ1) is 41.5. The smallest absolute Gasteiger partial charge is 0.312 e. The van der Waals surface area contributed by atoms with E-state index in [0.29, 0.717) is 12.8 Å². The van der Waals surface area contributed by atoms with Gasteiger partial charge in [0.2, 0.25) is 12.0 Å². The van der Waals surface area contributed by atoms with Crippen molar-refractivity contribution in [1.82, 2.24) is 9.91 Å². The topological polar surface area (TPSA) is 209 Å². The minimum Gasteiger partial charge on any atom is -0.364 e. The van der Waals surface area contributed by atoms with E-state index in [2.05, 4.69) is 9.24 Å². The molecule has 0 amide bonds. The largest absolute Gasteiger partial charge is 0.364 e. The first-order valence-electron chi connectivity index (χ1n) is 15.8. The summed E-state index contributed by atoms with van der Waals surface area (Å²) in [6.07, 6.45) is 1.22. The molecule has 19 heteroatoms. The molecule has 0 aromatic heterocycles. The van der Waals surface area contributed by atoms with Gasteiger partial charge in [0.05, 0.1) is 11.7 Å². The Balaban J connectivity index is 0.000000212. The SMILES string of the molecule is CC.CC(C)C(O)(O)[C@]1(P)N(C)C(O)(O)CC12CC2.CC(O)(O)[C@]1(P)N([N+](O)(O)C2CC2(F)F)C(O)(O)CC12CC2.CC1CC1(F)F. The summed E-state index contributed by atoms with van der Waals surface area (Å²) in [5.41, 5.74) is -1.50. The molecule has 4 saturated carbocycles. The van der Waals surface area contributed by atoms with Gasteiger partial charge in [-0.15, -0.1) is 18.5 Å². The Morgan fingerprint density at radius 1 is 0.766 bits per heavy atom. The van der Waals surface area contributed by atoms with Crippen molar-refractivity contribution in [1.29, 1.82) is 0 Å².